The molecule has 0 bridgehead atoms. The summed E-state index contributed by atoms with van der Waals surface area (Å²) in [5.74, 6) is -1.93. The molecule has 0 aliphatic rings. The van der Waals surface area contributed by atoms with E-state index in [0.29, 0.717) is 32.8 Å². The minimum atomic E-state index is -2.59. The van der Waals surface area contributed by atoms with Gasteiger partial charge in [-0.25, -0.2) is 22.9 Å². The molecule has 2 aromatic carbocycles. The SMILES string of the molecule is CN=S(C)(=O)c1ccc(Nc2nccn3c(-c4ccc(OC)c(F)c4F)cnc23)cc1Cl. The van der Waals surface area contributed by atoms with Gasteiger partial charge in [0.25, 0.3) is 0 Å². The highest BCUT2D eigenvalue weighted by Gasteiger charge is 2.19. The van der Waals surface area contributed by atoms with Crippen molar-refractivity contribution in [2.45, 2.75) is 4.90 Å². The monoisotopic (exact) mass is 477 g/mol. The largest absolute Gasteiger partial charge is 0.494 e. The second kappa shape index (κ2) is 8.36. The van der Waals surface area contributed by atoms with Crippen molar-refractivity contribution in [3.05, 3.63) is 65.6 Å². The number of aromatic nitrogens is 3. The Balaban J connectivity index is 1.75. The summed E-state index contributed by atoms with van der Waals surface area (Å²) in [7, 11) is 0.158. The summed E-state index contributed by atoms with van der Waals surface area (Å²) in [5, 5.41) is 3.39. The average Bonchev–Trinajstić information content (AvgIpc) is 3.20. The summed E-state index contributed by atoms with van der Waals surface area (Å²) < 4.78 is 51.6. The van der Waals surface area contributed by atoms with Gasteiger partial charge in [-0.2, -0.15) is 4.39 Å². The Bertz CT molecular complexity index is 1460. The van der Waals surface area contributed by atoms with E-state index in [1.807, 2.05) is 0 Å². The highest BCUT2D eigenvalue weighted by molar-refractivity contribution is 7.93. The van der Waals surface area contributed by atoms with E-state index in [2.05, 4.69) is 19.6 Å². The fourth-order valence-corrected chi connectivity index (χ4v) is 4.76. The topological polar surface area (TPSA) is 80.9 Å². The standard InChI is InChI=1S/C21H18ClF2N5O2S/c1-25-32(3,30)17-7-4-12(10-14(17)22)28-20-21-27-11-15(29(21)9-8-26-20)13-5-6-16(31-2)19(24)18(13)23/h4-11H,1-3H3,(H,26,28). The lowest BCUT2D eigenvalue weighted by Crippen LogP contribution is -2.01. The fourth-order valence-electron chi connectivity index (χ4n) is 3.21. The molecule has 1 atom stereocenters. The molecule has 0 aliphatic carbocycles. The van der Waals surface area contributed by atoms with E-state index in [1.165, 1.54) is 44.9 Å². The molecule has 2 heterocycles. The second-order valence-electron chi connectivity index (χ2n) is 6.81. The van der Waals surface area contributed by atoms with Crippen LogP contribution in [0.25, 0.3) is 16.9 Å². The minimum absolute atomic E-state index is 0.0290. The third kappa shape index (κ3) is 3.76. The Hall–Kier alpha value is -3.24. The number of hydrogen-bond donors (Lipinski definition) is 1. The van der Waals surface area contributed by atoms with Crippen molar-refractivity contribution in [2.24, 2.45) is 4.36 Å². The molecule has 0 spiro atoms. The van der Waals surface area contributed by atoms with Crippen molar-refractivity contribution in [3.8, 4) is 17.0 Å². The molecule has 4 aromatic rings. The molecule has 11 heteroatoms. The molecule has 4 rings (SSSR count). The Morgan fingerprint density at radius 2 is 1.97 bits per heavy atom. The van der Waals surface area contributed by atoms with Gasteiger partial charge < -0.3 is 10.1 Å². The highest BCUT2D eigenvalue weighted by atomic mass is 35.5. The van der Waals surface area contributed by atoms with Gasteiger partial charge in [0, 0.05) is 36.9 Å². The van der Waals surface area contributed by atoms with Crippen LogP contribution in [0.1, 0.15) is 0 Å². The van der Waals surface area contributed by atoms with Gasteiger partial charge in [-0.05, 0) is 30.3 Å². The van der Waals surface area contributed by atoms with Gasteiger partial charge in [0.05, 0.1) is 38.6 Å². The summed E-state index contributed by atoms with van der Waals surface area (Å²) >= 11 is 6.31. The van der Waals surface area contributed by atoms with Crippen LogP contribution in [0.15, 0.2) is 58.2 Å². The van der Waals surface area contributed by atoms with Crippen molar-refractivity contribution in [3.63, 3.8) is 0 Å². The van der Waals surface area contributed by atoms with Crippen LogP contribution in [-0.2, 0) is 9.73 Å². The first-order chi connectivity index (χ1) is 15.3. The van der Waals surface area contributed by atoms with Crippen LogP contribution >= 0.6 is 11.6 Å². The van der Waals surface area contributed by atoms with Gasteiger partial charge in [0.2, 0.25) is 5.82 Å². The van der Waals surface area contributed by atoms with Crippen molar-refractivity contribution in [2.75, 3.05) is 25.7 Å². The van der Waals surface area contributed by atoms with E-state index in [1.54, 1.807) is 28.8 Å². The smallest absolute Gasteiger partial charge is 0.201 e. The third-order valence-electron chi connectivity index (χ3n) is 4.92. The van der Waals surface area contributed by atoms with E-state index in [0.717, 1.165) is 0 Å². The normalized spacial score (nSPS) is 13.1. The lowest BCUT2D eigenvalue weighted by atomic mass is 10.1. The van der Waals surface area contributed by atoms with Gasteiger partial charge in [0.15, 0.2) is 23.0 Å². The number of ether oxygens (including phenoxy) is 1. The van der Waals surface area contributed by atoms with Crippen LogP contribution in [0.5, 0.6) is 5.75 Å². The number of halogens is 3. The average molecular weight is 478 g/mol. The van der Waals surface area contributed by atoms with Gasteiger partial charge in [-0.3, -0.25) is 4.40 Å². The molecule has 0 saturated carbocycles. The zero-order valence-electron chi connectivity index (χ0n) is 17.3. The molecule has 7 nitrogen and oxygen atoms in total. The first kappa shape index (κ1) is 22.0. The number of methoxy groups -OCH3 is 1. The molecule has 32 heavy (non-hydrogen) atoms. The number of hydrogen-bond acceptors (Lipinski definition) is 6. The third-order valence-corrected chi connectivity index (χ3v) is 7.22. The molecule has 0 radical (unpaired) electrons. The predicted octanol–water partition coefficient (Wildman–Crippen LogP) is 5.17. The fraction of sp³-hybridized carbons (Fsp3) is 0.143. The van der Waals surface area contributed by atoms with Crippen LogP contribution in [0.4, 0.5) is 20.3 Å². The van der Waals surface area contributed by atoms with Gasteiger partial charge in [-0.15, -0.1) is 0 Å². The molecule has 2 aromatic heterocycles. The lowest BCUT2D eigenvalue weighted by Gasteiger charge is -2.11. The van der Waals surface area contributed by atoms with Crippen LogP contribution in [-0.4, -0.2) is 39.0 Å². The van der Waals surface area contributed by atoms with Crippen molar-refractivity contribution >= 4 is 38.5 Å². The molecule has 1 unspecified atom stereocenters. The van der Waals surface area contributed by atoms with Gasteiger partial charge in [-0.1, -0.05) is 11.6 Å². The van der Waals surface area contributed by atoms with E-state index in [4.69, 9.17) is 16.3 Å². The zero-order chi connectivity index (χ0) is 23.0. The number of fused-ring (bicyclic) bond motifs is 1. The summed E-state index contributed by atoms with van der Waals surface area (Å²) in [5.41, 5.74) is 1.34. The van der Waals surface area contributed by atoms with E-state index in [-0.39, 0.29) is 11.3 Å². The Kier molecular flexibility index (Phi) is 5.74. The van der Waals surface area contributed by atoms with Gasteiger partial charge in [0.1, 0.15) is 0 Å². The van der Waals surface area contributed by atoms with Crippen LogP contribution in [0.2, 0.25) is 5.02 Å². The Morgan fingerprint density at radius 1 is 1.19 bits per heavy atom. The maximum Gasteiger partial charge on any atom is 0.201 e. The van der Waals surface area contributed by atoms with Crippen LogP contribution in [0, 0.1) is 11.6 Å². The summed E-state index contributed by atoms with van der Waals surface area (Å²) in [6.45, 7) is 0. The van der Waals surface area contributed by atoms with Crippen LogP contribution in [0.3, 0.4) is 0 Å². The first-order valence-corrected chi connectivity index (χ1v) is 11.6. The number of nitrogens with zero attached hydrogens (tertiary/aromatic N) is 4. The zero-order valence-corrected chi connectivity index (χ0v) is 18.8. The van der Waals surface area contributed by atoms with E-state index < -0.39 is 21.4 Å². The van der Waals surface area contributed by atoms with Crippen molar-refractivity contribution in [1.29, 1.82) is 0 Å². The molecule has 1 N–H and O–H groups in total. The molecule has 0 fully saturated rings. The van der Waals surface area contributed by atoms with Crippen molar-refractivity contribution in [1.82, 2.24) is 14.4 Å². The van der Waals surface area contributed by atoms with Crippen LogP contribution < -0.4 is 10.1 Å². The Labute approximate surface area is 188 Å². The Morgan fingerprint density at radius 3 is 2.66 bits per heavy atom. The number of anilines is 2. The number of benzene rings is 2. The predicted molar refractivity (Wildman–Crippen MR) is 120 cm³/mol. The quantitative estimate of drug-likeness (QED) is 0.429. The maximum absolute atomic E-state index is 14.6. The molecule has 0 amide bonds. The van der Waals surface area contributed by atoms with Gasteiger partial charge >= 0.3 is 0 Å². The van der Waals surface area contributed by atoms with E-state index >= 15 is 0 Å². The molecular formula is C21H18ClF2N5O2S. The highest BCUT2D eigenvalue weighted by Crippen LogP contribution is 2.32. The molecule has 0 saturated heterocycles. The summed E-state index contributed by atoms with van der Waals surface area (Å²) in [6.07, 6.45) is 6.03. The lowest BCUT2D eigenvalue weighted by molar-refractivity contribution is 0.372. The number of imidazole rings is 1. The second-order valence-corrected chi connectivity index (χ2v) is 9.63. The first-order valence-electron chi connectivity index (χ1n) is 9.28. The molecule has 0 aliphatic heterocycles. The van der Waals surface area contributed by atoms with E-state index in [9.17, 15) is 13.0 Å². The number of nitrogens with one attached hydrogen (secondary N) is 1. The minimum Gasteiger partial charge on any atom is -0.494 e. The van der Waals surface area contributed by atoms with Crippen molar-refractivity contribution < 1.29 is 17.7 Å². The molecular weight excluding hydrogens is 460 g/mol. The number of rotatable bonds is 5. The maximum atomic E-state index is 14.6. The summed E-state index contributed by atoms with van der Waals surface area (Å²) in [4.78, 5) is 9.04. The molecule has 166 valence electrons. The summed E-state index contributed by atoms with van der Waals surface area (Å²) in [6, 6.07) is 7.72.